The van der Waals surface area contributed by atoms with Crippen LogP contribution in [0.4, 0.5) is 5.69 Å². The molecule has 9 heteroatoms. The molecule has 0 fully saturated rings. The highest BCUT2D eigenvalue weighted by Crippen LogP contribution is 2.25. The maximum absolute atomic E-state index is 12.0. The smallest absolute Gasteiger partial charge is 0.288 e. The van der Waals surface area contributed by atoms with E-state index < -0.39 is 22.4 Å². The molecule has 0 spiro atoms. The van der Waals surface area contributed by atoms with Gasteiger partial charge in [-0.3, -0.25) is 30.6 Å². The Bertz CT molecular complexity index is 853. The SMILES string of the molecule is CC(C)c1ccc(OCC(=O)NNC(=O)c2ccc(Cl)c([N+](=O)[O-])c2)cc1. The summed E-state index contributed by atoms with van der Waals surface area (Å²) >= 11 is 5.69. The predicted molar refractivity (Wildman–Crippen MR) is 99.7 cm³/mol. The largest absolute Gasteiger partial charge is 0.484 e. The van der Waals surface area contributed by atoms with Gasteiger partial charge in [-0.15, -0.1) is 0 Å². The second-order valence-corrected chi connectivity index (χ2v) is 6.35. The Labute approximate surface area is 160 Å². The monoisotopic (exact) mass is 391 g/mol. The number of carbonyl (C=O) groups is 2. The first-order valence-electron chi connectivity index (χ1n) is 8.04. The number of benzene rings is 2. The third-order valence-corrected chi connectivity index (χ3v) is 3.96. The fraction of sp³-hybridized carbons (Fsp3) is 0.222. The number of hydrogen-bond acceptors (Lipinski definition) is 5. The summed E-state index contributed by atoms with van der Waals surface area (Å²) in [6.07, 6.45) is 0. The first-order valence-corrected chi connectivity index (χ1v) is 8.41. The van der Waals surface area contributed by atoms with Crippen LogP contribution in [0.2, 0.25) is 5.02 Å². The number of nitrogens with zero attached hydrogens (tertiary/aromatic N) is 1. The molecule has 0 radical (unpaired) electrons. The number of carbonyl (C=O) groups excluding carboxylic acids is 2. The first kappa shape index (κ1) is 20.2. The van der Waals surface area contributed by atoms with Crippen LogP contribution >= 0.6 is 11.6 Å². The molecule has 2 aromatic carbocycles. The van der Waals surface area contributed by atoms with E-state index in [4.69, 9.17) is 16.3 Å². The van der Waals surface area contributed by atoms with Crippen molar-refractivity contribution in [2.24, 2.45) is 0 Å². The lowest BCUT2D eigenvalue weighted by atomic mass is 10.0. The van der Waals surface area contributed by atoms with Crippen molar-refractivity contribution in [2.75, 3.05) is 6.61 Å². The highest BCUT2D eigenvalue weighted by Gasteiger charge is 2.16. The molecule has 0 aliphatic carbocycles. The van der Waals surface area contributed by atoms with Crippen LogP contribution < -0.4 is 15.6 Å². The van der Waals surface area contributed by atoms with Crippen molar-refractivity contribution in [2.45, 2.75) is 19.8 Å². The van der Waals surface area contributed by atoms with Gasteiger partial charge in [-0.2, -0.15) is 0 Å². The summed E-state index contributed by atoms with van der Waals surface area (Å²) in [4.78, 5) is 33.9. The van der Waals surface area contributed by atoms with Crippen LogP contribution in [-0.2, 0) is 4.79 Å². The summed E-state index contributed by atoms with van der Waals surface area (Å²) in [6.45, 7) is 3.84. The van der Waals surface area contributed by atoms with Crippen molar-refractivity contribution in [3.05, 3.63) is 68.7 Å². The van der Waals surface area contributed by atoms with E-state index in [1.807, 2.05) is 12.1 Å². The molecule has 0 aliphatic rings. The van der Waals surface area contributed by atoms with Crippen LogP contribution in [0.15, 0.2) is 42.5 Å². The molecule has 2 N–H and O–H groups in total. The zero-order valence-electron chi connectivity index (χ0n) is 14.7. The average molecular weight is 392 g/mol. The third-order valence-electron chi connectivity index (χ3n) is 3.64. The van der Waals surface area contributed by atoms with E-state index in [0.29, 0.717) is 11.7 Å². The predicted octanol–water partition coefficient (Wildman–Crippen LogP) is 3.21. The lowest BCUT2D eigenvalue weighted by Crippen LogP contribution is -2.43. The Morgan fingerprint density at radius 1 is 1.15 bits per heavy atom. The first-order chi connectivity index (χ1) is 12.8. The van der Waals surface area contributed by atoms with E-state index in [1.165, 1.54) is 12.1 Å². The van der Waals surface area contributed by atoms with Crippen LogP contribution in [0.5, 0.6) is 5.75 Å². The molecular weight excluding hydrogens is 374 g/mol. The molecule has 0 saturated carbocycles. The number of hydrazine groups is 1. The quantitative estimate of drug-likeness (QED) is 0.580. The van der Waals surface area contributed by atoms with Crippen LogP contribution in [-0.4, -0.2) is 23.3 Å². The lowest BCUT2D eigenvalue weighted by molar-refractivity contribution is -0.384. The maximum Gasteiger partial charge on any atom is 0.288 e. The normalized spacial score (nSPS) is 10.4. The second kappa shape index (κ2) is 9.00. The van der Waals surface area contributed by atoms with E-state index in [9.17, 15) is 19.7 Å². The fourth-order valence-corrected chi connectivity index (χ4v) is 2.31. The molecule has 2 aromatic rings. The van der Waals surface area contributed by atoms with E-state index in [0.717, 1.165) is 11.6 Å². The molecule has 0 aromatic heterocycles. The van der Waals surface area contributed by atoms with E-state index in [1.54, 1.807) is 12.1 Å². The van der Waals surface area contributed by atoms with E-state index in [2.05, 4.69) is 24.7 Å². The zero-order valence-corrected chi connectivity index (χ0v) is 15.4. The van der Waals surface area contributed by atoms with Gasteiger partial charge in [0.05, 0.1) is 4.92 Å². The molecule has 8 nitrogen and oxygen atoms in total. The van der Waals surface area contributed by atoms with Gasteiger partial charge in [-0.25, -0.2) is 0 Å². The molecule has 27 heavy (non-hydrogen) atoms. The van der Waals surface area contributed by atoms with Gasteiger partial charge in [0.1, 0.15) is 10.8 Å². The summed E-state index contributed by atoms with van der Waals surface area (Å²) in [7, 11) is 0. The lowest BCUT2D eigenvalue weighted by Gasteiger charge is -2.10. The summed E-state index contributed by atoms with van der Waals surface area (Å²) in [5.41, 5.74) is 5.07. The van der Waals surface area contributed by atoms with Crippen molar-refractivity contribution in [3.8, 4) is 5.75 Å². The van der Waals surface area contributed by atoms with Crippen molar-refractivity contribution in [3.63, 3.8) is 0 Å². The highest BCUT2D eigenvalue weighted by molar-refractivity contribution is 6.32. The van der Waals surface area contributed by atoms with Crippen molar-refractivity contribution < 1.29 is 19.2 Å². The number of halogens is 1. The molecule has 0 heterocycles. The van der Waals surface area contributed by atoms with Gasteiger partial charge in [0.2, 0.25) is 0 Å². The zero-order chi connectivity index (χ0) is 20.0. The maximum atomic E-state index is 12.0. The minimum absolute atomic E-state index is 0.0170. The van der Waals surface area contributed by atoms with Gasteiger partial charge in [0.15, 0.2) is 6.61 Å². The van der Waals surface area contributed by atoms with Crippen LogP contribution in [0, 0.1) is 10.1 Å². The van der Waals surface area contributed by atoms with Crippen LogP contribution in [0.1, 0.15) is 35.7 Å². The average Bonchev–Trinajstić information content (AvgIpc) is 2.64. The standard InChI is InChI=1S/C18H18ClN3O5/c1-11(2)12-3-6-14(7-4-12)27-10-17(23)20-21-18(24)13-5-8-15(19)16(9-13)22(25)26/h3-9,11H,10H2,1-2H3,(H,20,23)(H,21,24). The Balaban J connectivity index is 1.85. The molecule has 0 unspecified atom stereocenters. The van der Waals surface area contributed by atoms with Gasteiger partial charge in [-0.1, -0.05) is 37.6 Å². The number of rotatable bonds is 6. The van der Waals surface area contributed by atoms with Gasteiger partial charge < -0.3 is 4.74 Å². The molecule has 0 atom stereocenters. The number of amides is 2. The second-order valence-electron chi connectivity index (χ2n) is 5.94. The number of nitro groups is 1. The number of nitro benzene ring substituents is 1. The number of hydrogen-bond donors (Lipinski definition) is 2. The Morgan fingerprint density at radius 2 is 1.81 bits per heavy atom. The Morgan fingerprint density at radius 3 is 2.41 bits per heavy atom. The van der Waals surface area contributed by atoms with Gasteiger partial charge in [0.25, 0.3) is 17.5 Å². The van der Waals surface area contributed by atoms with E-state index >= 15 is 0 Å². The van der Waals surface area contributed by atoms with Crippen molar-refractivity contribution in [1.82, 2.24) is 10.9 Å². The van der Waals surface area contributed by atoms with Gasteiger partial charge in [-0.05, 0) is 35.7 Å². The number of nitrogens with one attached hydrogen (secondary N) is 2. The van der Waals surface area contributed by atoms with Crippen LogP contribution in [0.3, 0.4) is 0 Å². The van der Waals surface area contributed by atoms with Crippen LogP contribution in [0.25, 0.3) is 0 Å². The molecule has 2 rings (SSSR count). The van der Waals surface area contributed by atoms with Gasteiger partial charge in [0, 0.05) is 11.6 Å². The van der Waals surface area contributed by atoms with Crippen molar-refractivity contribution in [1.29, 1.82) is 0 Å². The molecular formula is C18H18ClN3O5. The molecule has 0 saturated heterocycles. The van der Waals surface area contributed by atoms with E-state index in [-0.39, 0.29) is 17.2 Å². The summed E-state index contributed by atoms with van der Waals surface area (Å²) in [6, 6.07) is 10.9. The number of ether oxygens (including phenoxy) is 1. The minimum Gasteiger partial charge on any atom is -0.484 e. The van der Waals surface area contributed by atoms with Gasteiger partial charge >= 0.3 is 0 Å². The summed E-state index contributed by atoms with van der Waals surface area (Å²) in [5.74, 6) is -0.389. The van der Waals surface area contributed by atoms with Crippen molar-refractivity contribution >= 4 is 29.1 Å². The Kier molecular flexibility index (Phi) is 6.73. The fourth-order valence-electron chi connectivity index (χ4n) is 2.13. The molecule has 2 amide bonds. The summed E-state index contributed by atoms with van der Waals surface area (Å²) in [5, 5.41) is 10.8. The highest BCUT2D eigenvalue weighted by atomic mass is 35.5. The minimum atomic E-state index is -0.718. The third kappa shape index (κ3) is 5.68. The molecule has 142 valence electrons. The molecule has 0 bridgehead atoms. The topological polar surface area (TPSA) is 111 Å². The Hall–Kier alpha value is -3.13. The molecule has 0 aliphatic heterocycles. The summed E-state index contributed by atoms with van der Waals surface area (Å²) < 4.78 is 5.34.